The molecular formula is C21H33N5O2S. The number of nitrogens with zero attached hydrogens (tertiary/aromatic N) is 4. The number of hydrogen-bond donors (Lipinski definition) is 1. The summed E-state index contributed by atoms with van der Waals surface area (Å²) in [5.41, 5.74) is 1.03. The van der Waals surface area contributed by atoms with Crippen molar-refractivity contribution in [2.24, 2.45) is 4.99 Å². The molecule has 1 N–H and O–H groups in total. The van der Waals surface area contributed by atoms with Gasteiger partial charge in [-0.1, -0.05) is 6.42 Å². The average Bonchev–Trinajstić information content (AvgIpc) is 3.43. The zero-order valence-electron chi connectivity index (χ0n) is 17.9. The molecule has 29 heavy (non-hydrogen) atoms. The van der Waals surface area contributed by atoms with Crippen LogP contribution >= 0.6 is 11.3 Å². The monoisotopic (exact) mass is 419 g/mol. The van der Waals surface area contributed by atoms with Gasteiger partial charge in [0.15, 0.2) is 5.96 Å². The van der Waals surface area contributed by atoms with Crippen LogP contribution in [-0.2, 0) is 11.3 Å². The van der Waals surface area contributed by atoms with Crippen molar-refractivity contribution in [2.75, 3.05) is 40.8 Å². The van der Waals surface area contributed by atoms with Crippen molar-refractivity contribution in [1.82, 2.24) is 20.1 Å². The van der Waals surface area contributed by atoms with E-state index >= 15 is 0 Å². The van der Waals surface area contributed by atoms with E-state index < -0.39 is 0 Å². The smallest absolute Gasteiger partial charge is 0.193 e. The van der Waals surface area contributed by atoms with Gasteiger partial charge in [0.25, 0.3) is 0 Å². The van der Waals surface area contributed by atoms with E-state index in [4.69, 9.17) is 14.1 Å². The van der Waals surface area contributed by atoms with Crippen LogP contribution in [0, 0.1) is 0 Å². The Morgan fingerprint density at radius 1 is 1.41 bits per heavy atom. The molecular weight excluding hydrogens is 386 g/mol. The first-order valence-corrected chi connectivity index (χ1v) is 11.2. The van der Waals surface area contributed by atoms with Gasteiger partial charge in [-0.25, -0.2) is 4.98 Å². The van der Waals surface area contributed by atoms with Crippen LogP contribution in [0.2, 0.25) is 0 Å². The molecule has 2 aromatic rings. The molecule has 0 aromatic carbocycles. The minimum atomic E-state index is 0.0232. The maximum absolute atomic E-state index is 5.75. The molecule has 0 saturated carbocycles. The fourth-order valence-electron chi connectivity index (χ4n) is 3.69. The van der Waals surface area contributed by atoms with Gasteiger partial charge >= 0.3 is 0 Å². The third kappa shape index (κ3) is 5.81. The van der Waals surface area contributed by atoms with E-state index in [0.29, 0.717) is 6.54 Å². The number of ether oxygens (including phenoxy) is 1. The van der Waals surface area contributed by atoms with Gasteiger partial charge in [0, 0.05) is 33.1 Å². The number of aliphatic imine (C=N–C) groups is 1. The van der Waals surface area contributed by atoms with Crippen molar-refractivity contribution in [3.8, 4) is 0 Å². The quantitative estimate of drug-likeness (QED) is 0.520. The number of aromatic nitrogens is 1. The molecule has 0 bridgehead atoms. The summed E-state index contributed by atoms with van der Waals surface area (Å²) in [5, 5.41) is 6.63. The first kappa shape index (κ1) is 21.8. The summed E-state index contributed by atoms with van der Waals surface area (Å²) < 4.78 is 11.1. The Hall–Kier alpha value is -1.90. The summed E-state index contributed by atoms with van der Waals surface area (Å²) in [4.78, 5) is 13.8. The molecule has 160 valence electrons. The zero-order valence-corrected chi connectivity index (χ0v) is 18.7. The molecule has 0 aliphatic carbocycles. The van der Waals surface area contributed by atoms with Gasteiger partial charge in [-0.15, -0.1) is 11.3 Å². The van der Waals surface area contributed by atoms with Crippen LogP contribution in [0.1, 0.15) is 54.8 Å². The van der Waals surface area contributed by atoms with Crippen molar-refractivity contribution in [1.29, 1.82) is 0 Å². The molecule has 3 heterocycles. The summed E-state index contributed by atoms with van der Waals surface area (Å²) in [7, 11) is 5.57. The van der Waals surface area contributed by atoms with Crippen LogP contribution in [0.15, 0.2) is 33.2 Å². The fraction of sp³-hybridized carbons (Fsp3) is 0.619. The number of guanidine groups is 1. The topological polar surface area (TPSA) is 66.1 Å². The molecule has 1 aliphatic rings. The molecule has 0 amide bonds. The van der Waals surface area contributed by atoms with Gasteiger partial charge in [0.2, 0.25) is 0 Å². The van der Waals surface area contributed by atoms with E-state index in [1.54, 1.807) is 24.7 Å². The van der Waals surface area contributed by atoms with Crippen LogP contribution < -0.4 is 5.32 Å². The minimum absolute atomic E-state index is 0.0232. The zero-order chi connectivity index (χ0) is 20.6. The number of likely N-dealkylation sites (tertiary alicyclic amines) is 1. The summed E-state index contributed by atoms with van der Waals surface area (Å²) in [6, 6.07) is 4.25. The van der Waals surface area contributed by atoms with Crippen molar-refractivity contribution >= 4 is 17.3 Å². The molecule has 0 spiro atoms. The second-order valence-electron chi connectivity index (χ2n) is 7.47. The number of rotatable bonds is 8. The first-order valence-electron chi connectivity index (χ1n) is 10.3. The third-order valence-electron chi connectivity index (χ3n) is 5.40. The highest BCUT2D eigenvalue weighted by Crippen LogP contribution is 2.25. The number of furan rings is 1. The van der Waals surface area contributed by atoms with Crippen LogP contribution in [0.5, 0.6) is 0 Å². The average molecular weight is 420 g/mol. The van der Waals surface area contributed by atoms with E-state index in [9.17, 15) is 0 Å². The number of thiazole rings is 1. The van der Waals surface area contributed by atoms with Crippen molar-refractivity contribution in [3.05, 3.63) is 40.2 Å². The highest BCUT2D eigenvalue weighted by molar-refractivity contribution is 7.09. The number of methoxy groups -OCH3 is 1. The standard InChI is InChI=1S/C21H33N5O2S/c1-16(27-4)20-24-17(15-29-20)14-25(3)21(22-2)23-13-18(19-9-8-12-28-19)26-10-6-5-7-11-26/h8-9,12,15-16,18H,5-7,10-11,13-14H2,1-4H3,(H,22,23). The highest BCUT2D eigenvalue weighted by atomic mass is 32.1. The van der Waals surface area contributed by atoms with Gasteiger partial charge < -0.3 is 19.4 Å². The van der Waals surface area contributed by atoms with E-state index in [0.717, 1.165) is 42.1 Å². The lowest BCUT2D eigenvalue weighted by atomic mass is 10.1. The molecule has 2 atom stereocenters. The van der Waals surface area contributed by atoms with Gasteiger partial charge in [0.1, 0.15) is 16.9 Å². The molecule has 1 aliphatic heterocycles. The minimum Gasteiger partial charge on any atom is -0.468 e. The van der Waals surface area contributed by atoms with Gasteiger partial charge in [0.05, 0.1) is 24.5 Å². The summed E-state index contributed by atoms with van der Waals surface area (Å²) in [6.07, 6.45) is 5.59. The van der Waals surface area contributed by atoms with Crippen molar-refractivity contribution in [2.45, 2.75) is 44.9 Å². The second-order valence-corrected chi connectivity index (χ2v) is 8.36. The van der Waals surface area contributed by atoms with Gasteiger partial charge in [-0.3, -0.25) is 9.89 Å². The summed E-state index contributed by atoms with van der Waals surface area (Å²) >= 11 is 1.64. The van der Waals surface area contributed by atoms with Crippen LogP contribution in [-0.4, -0.2) is 61.6 Å². The normalized spacial score (nSPS) is 17.9. The van der Waals surface area contributed by atoms with E-state index in [1.807, 2.05) is 27.1 Å². The Balaban J connectivity index is 1.61. The van der Waals surface area contributed by atoms with Gasteiger partial charge in [-0.05, 0) is 45.0 Å². The molecule has 7 nitrogen and oxygen atoms in total. The predicted octanol–water partition coefficient (Wildman–Crippen LogP) is 3.68. The summed E-state index contributed by atoms with van der Waals surface area (Å²) in [5.74, 6) is 1.86. The van der Waals surface area contributed by atoms with Crippen LogP contribution in [0.4, 0.5) is 0 Å². The summed E-state index contributed by atoms with van der Waals surface area (Å²) in [6.45, 7) is 5.69. The fourth-order valence-corrected chi connectivity index (χ4v) is 4.54. The Labute approximate surface area is 177 Å². The number of hydrogen-bond acceptors (Lipinski definition) is 6. The highest BCUT2D eigenvalue weighted by Gasteiger charge is 2.25. The Kier molecular flexibility index (Phi) is 8.09. The van der Waals surface area contributed by atoms with E-state index in [2.05, 4.69) is 31.6 Å². The molecule has 1 fully saturated rings. The third-order valence-corrected chi connectivity index (χ3v) is 6.45. The van der Waals surface area contributed by atoms with Crippen LogP contribution in [0.3, 0.4) is 0 Å². The van der Waals surface area contributed by atoms with Crippen molar-refractivity contribution in [3.63, 3.8) is 0 Å². The van der Waals surface area contributed by atoms with Gasteiger partial charge in [-0.2, -0.15) is 0 Å². The molecule has 0 radical (unpaired) electrons. The second kappa shape index (κ2) is 10.8. The maximum Gasteiger partial charge on any atom is 0.193 e. The van der Waals surface area contributed by atoms with Crippen molar-refractivity contribution < 1.29 is 9.15 Å². The molecule has 3 rings (SSSR count). The molecule has 1 saturated heterocycles. The molecule has 8 heteroatoms. The first-order chi connectivity index (χ1) is 14.1. The maximum atomic E-state index is 5.75. The van der Waals surface area contributed by atoms with E-state index in [1.165, 1.54) is 19.3 Å². The van der Waals surface area contributed by atoms with E-state index in [-0.39, 0.29) is 12.1 Å². The molecule has 2 unspecified atom stereocenters. The van der Waals surface area contributed by atoms with Crippen LogP contribution in [0.25, 0.3) is 0 Å². The molecule has 2 aromatic heterocycles. The number of nitrogens with one attached hydrogen (secondary N) is 1. The largest absolute Gasteiger partial charge is 0.468 e. The lowest BCUT2D eigenvalue weighted by Gasteiger charge is -2.34. The Bertz CT molecular complexity index is 755. The Morgan fingerprint density at radius 3 is 2.86 bits per heavy atom. The lowest BCUT2D eigenvalue weighted by molar-refractivity contribution is 0.119. The predicted molar refractivity (Wildman–Crippen MR) is 117 cm³/mol. The SMILES string of the molecule is CN=C(NCC(c1ccco1)N1CCCCC1)N(C)Cc1csc(C(C)OC)n1. The Morgan fingerprint density at radius 2 is 2.21 bits per heavy atom. The number of piperidine rings is 1. The lowest BCUT2D eigenvalue weighted by Crippen LogP contribution is -2.44.